The van der Waals surface area contributed by atoms with Crippen LogP contribution in [0.25, 0.3) is 0 Å². The van der Waals surface area contributed by atoms with Crippen LogP contribution in [0.3, 0.4) is 0 Å². The lowest BCUT2D eigenvalue weighted by Crippen LogP contribution is -2.46. The number of carbonyl (C=O) groups is 1. The molecule has 0 spiro atoms. The summed E-state index contributed by atoms with van der Waals surface area (Å²) >= 11 is 0. The summed E-state index contributed by atoms with van der Waals surface area (Å²) < 4.78 is 2.01. The monoisotopic (exact) mass is 350 g/mol. The van der Waals surface area contributed by atoms with E-state index in [1.165, 1.54) is 0 Å². The van der Waals surface area contributed by atoms with Crippen molar-refractivity contribution in [1.82, 2.24) is 19.4 Å². The molecular weight excluding hydrogens is 328 g/mol. The molecule has 0 bridgehead atoms. The molecule has 1 saturated carbocycles. The maximum absolute atomic E-state index is 12.6. The van der Waals surface area contributed by atoms with Gasteiger partial charge in [0.2, 0.25) is 5.91 Å². The van der Waals surface area contributed by atoms with Gasteiger partial charge >= 0.3 is 0 Å². The summed E-state index contributed by atoms with van der Waals surface area (Å²) in [6.07, 6.45) is 8.88. The van der Waals surface area contributed by atoms with E-state index in [4.69, 9.17) is 0 Å². The average Bonchev–Trinajstić information content (AvgIpc) is 3.41. The van der Waals surface area contributed by atoms with E-state index in [-0.39, 0.29) is 17.9 Å². The van der Waals surface area contributed by atoms with Crippen molar-refractivity contribution in [1.29, 1.82) is 5.26 Å². The van der Waals surface area contributed by atoms with E-state index < -0.39 is 0 Å². The molecule has 0 aromatic carbocycles. The third-order valence-corrected chi connectivity index (χ3v) is 5.29. The maximum atomic E-state index is 12.6. The number of rotatable bonds is 5. The molecule has 2 atom stereocenters. The fraction of sp³-hybridized carbons (Fsp3) is 0.474. The molecule has 134 valence electrons. The van der Waals surface area contributed by atoms with Gasteiger partial charge in [-0.3, -0.25) is 4.79 Å². The van der Waals surface area contributed by atoms with Crippen LogP contribution >= 0.6 is 0 Å². The Morgan fingerprint density at radius 1 is 1.31 bits per heavy atom. The predicted octanol–water partition coefficient (Wildman–Crippen LogP) is 2.24. The molecule has 2 aromatic heterocycles. The Hall–Kier alpha value is -2.88. The van der Waals surface area contributed by atoms with Crippen LogP contribution in [0.5, 0.6) is 0 Å². The Labute approximate surface area is 152 Å². The number of pyridine rings is 1. The van der Waals surface area contributed by atoms with Gasteiger partial charge in [-0.15, -0.1) is 0 Å². The molecule has 2 aliphatic rings. The van der Waals surface area contributed by atoms with Gasteiger partial charge in [-0.05, 0) is 31.4 Å². The van der Waals surface area contributed by atoms with E-state index >= 15 is 0 Å². The minimum atomic E-state index is -0.0292. The van der Waals surface area contributed by atoms with Crippen LogP contribution < -0.4 is 5.32 Å². The Morgan fingerprint density at radius 3 is 2.85 bits per heavy atom. The van der Waals surface area contributed by atoms with E-state index in [9.17, 15) is 10.1 Å². The molecule has 0 radical (unpaired) electrons. The summed E-state index contributed by atoms with van der Waals surface area (Å²) in [4.78, 5) is 23.3. The van der Waals surface area contributed by atoms with Gasteiger partial charge in [-0.2, -0.15) is 5.26 Å². The molecule has 1 aliphatic carbocycles. The van der Waals surface area contributed by atoms with Gasteiger partial charge < -0.3 is 14.8 Å². The third-order valence-electron chi connectivity index (χ3n) is 5.29. The summed E-state index contributed by atoms with van der Waals surface area (Å²) in [7, 11) is 1.98. The molecule has 7 heteroatoms. The quantitative estimate of drug-likeness (QED) is 0.894. The highest BCUT2D eigenvalue weighted by Crippen LogP contribution is 2.43. The fourth-order valence-corrected chi connectivity index (χ4v) is 3.85. The van der Waals surface area contributed by atoms with Gasteiger partial charge in [0, 0.05) is 50.6 Å². The van der Waals surface area contributed by atoms with Crippen LogP contribution in [0.15, 0.2) is 30.7 Å². The van der Waals surface area contributed by atoms with Gasteiger partial charge in [0.15, 0.2) is 5.69 Å². The highest BCUT2D eigenvalue weighted by atomic mass is 16.2. The Morgan fingerprint density at radius 2 is 2.15 bits per heavy atom. The topological polar surface area (TPSA) is 86.8 Å². The first-order valence-corrected chi connectivity index (χ1v) is 9.06. The number of anilines is 1. The first-order chi connectivity index (χ1) is 12.7. The number of imidazole rings is 1. The molecule has 2 aromatic rings. The van der Waals surface area contributed by atoms with E-state index in [0.29, 0.717) is 24.7 Å². The second kappa shape index (κ2) is 6.79. The van der Waals surface area contributed by atoms with Crippen LogP contribution in [-0.2, 0) is 11.8 Å². The number of nitrogens with zero attached hydrogens (tertiary/aromatic N) is 5. The van der Waals surface area contributed by atoms with E-state index in [2.05, 4.69) is 26.3 Å². The zero-order chi connectivity index (χ0) is 18.1. The lowest BCUT2D eigenvalue weighted by atomic mass is 9.87. The van der Waals surface area contributed by atoms with E-state index in [1.54, 1.807) is 12.4 Å². The van der Waals surface area contributed by atoms with Crippen molar-refractivity contribution in [2.45, 2.75) is 37.8 Å². The number of hydrogen-bond acceptors (Lipinski definition) is 5. The van der Waals surface area contributed by atoms with Gasteiger partial charge in [-0.25, -0.2) is 9.97 Å². The number of amides is 1. The third kappa shape index (κ3) is 3.03. The van der Waals surface area contributed by atoms with Crippen molar-refractivity contribution >= 4 is 11.6 Å². The molecule has 1 N–H and O–H groups in total. The Bertz CT molecular complexity index is 850. The molecule has 26 heavy (non-hydrogen) atoms. The number of carbonyl (C=O) groups excluding carboxylic acids is 1. The lowest BCUT2D eigenvalue weighted by Gasteiger charge is -2.41. The SMILES string of the molecule is Cn1ccnc1[C@@H]1[C@@H](CNc2cccnc2C#N)CCC(=O)N1C1CC1. The summed E-state index contributed by atoms with van der Waals surface area (Å²) in [6, 6.07) is 6.13. The van der Waals surface area contributed by atoms with Crippen molar-refractivity contribution in [3.63, 3.8) is 0 Å². The molecule has 7 nitrogen and oxygen atoms in total. The molecule has 4 rings (SSSR count). The number of piperidine rings is 1. The molecule has 2 fully saturated rings. The minimum absolute atomic E-state index is 0.0292. The van der Waals surface area contributed by atoms with Crippen molar-refractivity contribution < 1.29 is 4.79 Å². The molecule has 1 saturated heterocycles. The molecular formula is C19H22N6O. The summed E-state index contributed by atoms with van der Waals surface area (Å²) in [5.74, 6) is 1.40. The number of aryl methyl sites for hydroxylation is 1. The van der Waals surface area contributed by atoms with Gasteiger partial charge in [0.05, 0.1) is 11.7 Å². The fourth-order valence-electron chi connectivity index (χ4n) is 3.85. The van der Waals surface area contributed by atoms with Crippen molar-refractivity contribution in [2.75, 3.05) is 11.9 Å². The minimum Gasteiger partial charge on any atom is -0.382 e. The first-order valence-electron chi connectivity index (χ1n) is 9.06. The standard InChI is InChI=1S/C19H22N6O/c1-24-10-9-22-19(24)18-13(4-7-17(26)25(18)14-5-6-14)12-23-15-3-2-8-21-16(15)11-20/h2-3,8-10,13-14,18,23H,4-7,12H2,1H3/t13-,18+/m1/s1. The predicted molar refractivity (Wildman–Crippen MR) is 96.0 cm³/mol. The number of aromatic nitrogens is 3. The zero-order valence-corrected chi connectivity index (χ0v) is 14.8. The van der Waals surface area contributed by atoms with Crippen LogP contribution in [0.2, 0.25) is 0 Å². The van der Waals surface area contributed by atoms with Gasteiger partial charge in [-0.1, -0.05) is 0 Å². The average molecular weight is 350 g/mol. The number of hydrogen-bond donors (Lipinski definition) is 1. The number of nitrogens with one attached hydrogen (secondary N) is 1. The smallest absolute Gasteiger partial charge is 0.223 e. The Kier molecular flexibility index (Phi) is 4.33. The lowest BCUT2D eigenvalue weighted by molar-refractivity contribution is -0.140. The zero-order valence-electron chi connectivity index (χ0n) is 14.8. The summed E-state index contributed by atoms with van der Waals surface area (Å²) in [5.41, 5.74) is 1.13. The normalized spacial score (nSPS) is 22.9. The molecule has 3 heterocycles. The van der Waals surface area contributed by atoms with Crippen molar-refractivity contribution in [2.24, 2.45) is 13.0 Å². The van der Waals surface area contributed by atoms with E-state index in [0.717, 1.165) is 30.8 Å². The Balaban J connectivity index is 1.60. The van der Waals surface area contributed by atoms with Crippen LogP contribution in [0.1, 0.15) is 43.2 Å². The summed E-state index contributed by atoms with van der Waals surface area (Å²) in [5, 5.41) is 12.6. The first kappa shape index (κ1) is 16.6. The van der Waals surface area contributed by atoms with Crippen LogP contribution in [0.4, 0.5) is 5.69 Å². The second-order valence-electron chi connectivity index (χ2n) is 7.06. The summed E-state index contributed by atoms with van der Waals surface area (Å²) in [6.45, 7) is 0.675. The largest absolute Gasteiger partial charge is 0.382 e. The highest BCUT2D eigenvalue weighted by Gasteiger charge is 2.45. The number of likely N-dealkylation sites (tertiary alicyclic amines) is 1. The van der Waals surface area contributed by atoms with Crippen molar-refractivity contribution in [3.8, 4) is 6.07 Å². The maximum Gasteiger partial charge on any atom is 0.223 e. The van der Waals surface area contributed by atoms with Crippen LogP contribution in [-0.4, -0.2) is 37.9 Å². The molecule has 1 aliphatic heterocycles. The van der Waals surface area contributed by atoms with Crippen LogP contribution in [0, 0.1) is 17.2 Å². The molecule has 1 amide bonds. The van der Waals surface area contributed by atoms with Crippen molar-refractivity contribution in [3.05, 3.63) is 42.2 Å². The highest BCUT2D eigenvalue weighted by molar-refractivity contribution is 5.78. The van der Waals surface area contributed by atoms with E-state index in [1.807, 2.05) is 29.9 Å². The van der Waals surface area contributed by atoms with Gasteiger partial charge in [0.1, 0.15) is 11.9 Å². The molecule has 0 unspecified atom stereocenters. The van der Waals surface area contributed by atoms with Gasteiger partial charge in [0.25, 0.3) is 0 Å². The second-order valence-corrected chi connectivity index (χ2v) is 7.06. The number of nitriles is 1.